The molecule has 3 aromatic carbocycles. The molecule has 11 nitrogen and oxygen atoms in total. The fourth-order valence-corrected chi connectivity index (χ4v) is 5.50. The van der Waals surface area contributed by atoms with Gasteiger partial charge in [0.05, 0.1) is 41.0 Å². The van der Waals surface area contributed by atoms with Crippen LogP contribution in [-0.2, 0) is 20.9 Å². The zero-order valence-electron chi connectivity index (χ0n) is 24.4. The molecule has 4 rings (SSSR count). The summed E-state index contributed by atoms with van der Waals surface area (Å²) in [5.74, 6) is -0.0970. The van der Waals surface area contributed by atoms with Crippen LogP contribution in [0, 0.1) is 0 Å². The number of rotatable bonds is 12. The molecular weight excluding hydrogens is 691 g/mol. The van der Waals surface area contributed by atoms with E-state index in [4.69, 9.17) is 42.1 Å². The average Bonchev–Trinajstić information content (AvgIpc) is 3.00. The van der Waals surface area contributed by atoms with E-state index < -0.39 is 23.9 Å². The van der Waals surface area contributed by atoms with E-state index in [1.54, 1.807) is 50.2 Å². The first-order chi connectivity index (χ1) is 21.6. The number of nitrogens with one attached hydrogen (secondary N) is 3. The van der Waals surface area contributed by atoms with Gasteiger partial charge in [-0.1, -0.05) is 47.5 Å². The fourth-order valence-electron chi connectivity index (χ4n) is 4.32. The smallest absolute Gasteiger partial charge is 0.338 e. The predicted octanol–water partition coefficient (Wildman–Crippen LogP) is 6.06. The molecule has 3 aromatic rings. The summed E-state index contributed by atoms with van der Waals surface area (Å²) in [4.78, 5) is 37.2. The number of amides is 3. The number of hydrazone groups is 1. The Morgan fingerprint density at radius 2 is 1.84 bits per heavy atom. The Morgan fingerprint density at radius 1 is 1.07 bits per heavy atom. The lowest BCUT2D eigenvalue weighted by molar-refractivity contribution is -0.139. The molecule has 1 atom stereocenters. The second-order valence-electron chi connectivity index (χ2n) is 9.48. The Labute approximate surface area is 278 Å². The SMILES string of the molecule is CCOC(=O)C1=C(C)NC(=O)N[C@@H]1c1ccc(OCC(=O)N/N=C\c2cc(Cl)c(OCc3ccccc3Cl)c(Br)c2)c(OC)c1. The first-order valence-corrected chi connectivity index (χ1v) is 15.1. The van der Waals surface area contributed by atoms with E-state index in [0.717, 1.165) is 5.56 Å². The molecule has 0 aliphatic carbocycles. The van der Waals surface area contributed by atoms with Crippen molar-refractivity contribution in [3.63, 3.8) is 0 Å². The van der Waals surface area contributed by atoms with Crippen LogP contribution < -0.4 is 30.3 Å². The number of ether oxygens (including phenoxy) is 4. The summed E-state index contributed by atoms with van der Waals surface area (Å²) in [6, 6.07) is 14.3. The number of esters is 1. The van der Waals surface area contributed by atoms with Crippen LogP contribution in [0.2, 0.25) is 10.0 Å². The number of methoxy groups -OCH3 is 1. The van der Waals surface area contributed by atoms with Crippen LogP contribution in [0.3, 0.4) is 0 Å². The molecule has 0 aromatic heterocycles. The van der Waals surface area contributed by atoms with Gasteiger partial charge in [0.2, 0.25) is 0 Å². The number of urea groups is 1. The molecule has 3 amide bonds. The van der Waals surface area contributed by atoms with Gasteiger partial charge in [0, 0.05) is 16.3 Å². The van der Waals surface area contributed by atoms with Crippen molar-refractivity contribution in [2.75, 3.05) is 20.3 Å². The lowest BCUT2D eigenvalue weighted by Crippen LogP contribution is -2.45. The molecule has 0 unspecified atom stereocenters. The minimum atomic E-state index is -0.782. The van der Waals surface area contributed by atoms with Crippen molar-refractivity contribution in [3.8, 4) is 17.2 Å². The highest BCUT2D eigenvalue weighted by Gasteiger charge is 2.32. The third-order valence-corrected chi connectivity index (χ3v) is 7.64. The minimum Gasteiger partial charge on any atom is -0.493 e. The Morgan fingerprint density at radius 3 is 2.56 bits per heavy atom. The molecule has 0 fully saturated rings. The van der Waals surface area contributed by atoms with Crippen molar-refractivity contribution in [2.24, 2.45) is 5.10 Å². The first-order valence-electron chi connectivity index (χ1n) is 13.5. The number of allylic oxidation sites excluding steroid dienone is 1. The van der Waals surface area contributed by atoms with Gasteiger partial charge in [-0.2, -0.15) is 5.10 Å². The largest absolute Gasteiger partial charge is 0.493 e. The molecule has 0 radical (unpaired) electrons. The van der Waals surface area contributed by atoms with Gasteiger partial charge in [-0.25, -0.2) is 15.0 Å². The van der Waals surface area contributed by atoms with Crippen molar-refractivity contribution in [2.45, 2.75) is 26.5 Å². The zero-order chi connectivity index (χ0) is 32.5. The highest BCUT2D eigenvalue weighted by molar-refractivity contribution is 9.10. The van der Waals surface area contributed by atoms with Crippen LogP contribution in [0.25, 0.3) is 0 Å². The third kappa shape index (κ3) is 8.68. The molecule has 1 aliphatic rings. The van der Waals surface area contributed by atoms with Gasteiger partial charge in [-0.3, -0.25) is 4.79 Å². The Balaban J connectivity index is 1.36. The summed E-state index contributed by atoms with van der Waals surface area (Å²) in [6.45, 7) is 3.35. The van der Waals surface area contributed by atoms with Gasteiger partial charge in [0.1, 0.15) is 6.61 Å². The normalized spacial score (nSPS) is 14.4. The molecule has 236 valence electrons. The number of hydrogen-bond acceptors (Lipinski definition) is 8. The van der Waals surface area contributed by atoms with Gasteiger partial charge in [0.25, 0.3) is 5.91 Å². The molecule has 45 heavy (non-hydrogen) atoms. The van der Waals surface area contributed by atoms with E-state index in [1.807, 2.05) is 18.2 Å². The maximum absolute atomic E-state index is 12.6. The number of carbonyl (C=O) groups excluding carboxylic acids is 3. The number of benzene rings is 3. The summed E-state index contributed by atoms with van der Waals surface area (Å²) in [7, 11) is 1.43. The summed E-state index contributed by atoms with van der Waals surface area (Å²) in [5.41, 5.74) is 5.01. The zero-order valence-corrected chi connectivity index (χ0v) is 27.5. The molecule has 1 aliphatic heterocycles. The number of nitrogens with zero attached hydrogens (tertiary/aromatic N) is 1. The van der Waals surface area contributed by atoms with Crippen LogP contribution in [-0.4, -0.2) is 44.4 Å². The first kappa shape index (κ1) is 33.6. The van der Waals surface area contributed by atoms with Crippen LogP contribution in [0.15, 0.2) is 75.4 Å². The molecule has 14 heteroatoms. The van der Waals surface area contributed by atoms with Gasteiger partial charge in [-0.05, 0) is 71.2 Å². The fraction of sp³-hybridized carbons (Fsp3) is 0.226. The quantitative estimate of drug-likeness (QED) is 0.118. The second-order valence-corrected chi connectivity index (χ2v) is 11.1. The number of hydrogen-bond donors (Lipinski definition) is 3. The van der Waals surface area contributed by atoms with Gasteiger partial charge < -0.3 is 29.6 Å². The van der Waals surface area contributed by atoms with E-state index >= 15 is 0 Å². The van der Waals surface area contributed by atoms with Crippen molar-refractivity contribution in [1.29, 1.82) is 0 Å². The van der Waals surface area contributed by atoms with Crippen LogP contribution in [0.5, 0.6) is 17.2 Å². The summed E-state index contributed by atoms with van der Waals surface area (Å²) in [5, 5.41) is 10.2. The predicted molar refractivity (Wildman–Crippen MR) is 173 cm³/mol. The van der Waals surface area contributed by atoms with Crippen LogP contribution in [0.4, 0.5) is 4.79 Å². The Bertz CT molecular complexity index is 1640. The van der Waals surface area contributed by atoms with Gasteiger partial charge in [-0.15, -0.1) is 0 Å². The van der Waals surface area contributed by atoms with Crippen molar-refractivity contribution < 1.29 is 33.3 Å². The Hall–Kier alpha value is -4.26. The maximum atomic E-state index is 12.6. The maximum Gasteiger partial charge on any atom is 0.338 e. The van der Waals surface area contributed by atoms with E-state index in [9.17, 15) is 14.4 Å². The average molecular weight is 720 g/mol. The lowest BCUT2D eigenvalue weighted by Gasteiger charge is -2.28. The molecule has 1 heterocycles. The molecule has 0 saturated carbocycles. The monoisotopic (exact) mass is 718 g/mol. The molecule has 3 N–H and O–H groups in total. The van der Waals surface area contributed by atoms with E-state index in [2.05, 4.69) is 37.1 Å². The summed E-state index contributed by atoms with van der Waals surface area (Å²) < 4.78 is 22.7. The van der Waals surface area contributed by atoms with Crippen LogP contribution in [0.1, 0.15) is 36.6 Å². The topological polar surface area (TPSA) is 137 Å². The summed E-state index contributed by atoms with van der Waals surface area (Å²) >= 11 is 16.1. The van der Waals surface area contributed by atoms with E-state index in [-0.39, 0.29) is 36.9 Å². The van der Waals surface area contributed by atoms with E-state index in [1.165, 1.54) is 13.3 Å². The standard InChI is InChI=1S/C31H29BrCl2N4O7/c1-4-43-30(40)27-17(2)36-31(41)37-28(27)19-9-10-24(25(13-19)42-3)44-16-26(39)38-35-14-18-11-21(32)29(23(34)12-18)45-15-20-7-5-6-8-22(20)33/h5-14,28H,4,15-16H2,1-3H3,(H,38,39)(H2,36,37,41)/b35-14-/t28-/m1/s1. The van der Waals surface area contributed by atoms with Gasteiger partial charge in [0.15, 0.2) is 23.9 Å². The molecular formula is C31H29BrCl2N4O7. The van der Waals surface area contributed by atoms with E-state index in [0.29, 0.717) is 37.1 Å². The lowest BCUT2D eigenvalue weighted by atomic mass is 9.95. The van der Waals surface area contributed by atoms with Crippen molar-refractivity contribution >= 4 is 63.3 Å². The second kappa shape index (κ2) is 15.6. The van der Waals surface area contributed by atoms with Crippen molar-refractivity contribution in [1.82, 2.24) is 16.1 Å². The molecule has 0 saturated heterocycles. The minimum absolute atomic E-state index is 0.177. The van der Waals surface area contributed by atoms with Crippen molar-refractivity contribution in [3.05, 3.63) is 97.1 Å². The molecule has 0 bridgehead atoms. The number of carbonyl (C=O) groups is 3. The Kier molecular flexibility index (Phi) is 11.7. The highest BCUT2D eigenvalue weighted by Crippen LogP contribution is 2.36. The van der Waals surface area contributed by atoms with Crippen LogP contribution >= 0.6 is 39.1 Å². The molecule has 0 spiro atoms. The summed E-state index contributed by atoms with van der Waals surface area (Å²) in [6.07, 6.45) is 1.42. The number of halogens is 3. The van der Waals surface area contributed by atoms with Gasteiger partial charge >= 0.3 is 12.0 Å². The third-order valence-electron chi connectivity index (χ3n) is 6.40. The highest BCUT2D eigenvalue weighted by atomic mass is 79.9.